The maximum absolute atomic E-state index is 12.2. The van der Waals surface area contributed by atoms with E-state index in [0.717, 1.165) is 22.9 Å². The number of benzene rings is 2. The van der Waals surface area contributed by atoms with Crippen LogP contribution < -0.4 is 10.1 Å². The van der Waals surface area contributed by atoms with Crippen molar-refractivity contribution in [3.8, 4) is 5.75 Å². The Bertz CT molecular complexity index is 629. The zero-order valence-electron chi connectivity index (χ0n) is 13.1. The van der Waals surface area contributed by atoms with E-state index in [1.54, 1.807) is 6.92 Å². The standard InChI is InChI=1S/C18H23NO2/c1-5-18(3,4)19-17(20)13(2)21-16-12-8-10-14-9-6-7-11-15(14)16/h6-13H,5H2,1-4H3,(H,19,20). The molecule has 1 N–H and O–H groups in total. The van der Waals surface area contributed by atoms with Crippen LogP contribution in [-0.2, 0) is 4.79 Å². The lowest BCUT2D eigenvalue weighted by molar-refractivity contribution is -0.128. The van der Waals surface area contributed by atoms with Crippen LogP contribution in [0.1, 0.15) is 34.1 Å². The number of hydrogen-bond donors (Lipinski definition) is 1. The van der Waals surface area contributed by atoms with Crippen LogP contribution in [0.2, 0.25) is 0 Å². The lowest BCUT2D eigenvalue weighted by atomic mass is 10.0. The predicted octanol–water partition coefficient (Wildman–Crippen LogP) is 3.91. The molecule has 2 aromatic carbocycles. The summed E-state index contributed by atoms with van der Waals surface area (Å²) in [6.45, 7) is 7.85. The van der Waals surface area contributed by atoms with Crippen LogP contribution in [0.25, 0.3) is 10.8 Å². The molecule has 21 heavy (non-hydrogen) atoms. The quantitative estimate of drug-likeness (QED) is 0.904. The van der Waals surface area contributed by atoms with Gasteiger partial charge in [0.25, 0.3) is 5.91 Å². The van der Waals surface area contributed by atoms with Crippen molar-refractivity contribution in [2.24, 2.45) is 0 Å². The monoisotopic (exact) mass is 285 g/mol. The Morgan fingerprint density at radius 1 is 1.19 bits per heavy atom. The Morgan fingerprint density at radius 2 is 1.86 bits per heavy atom. The maximum Gasteiger partial charge on any atom is 0.261 e. The number of amides is 1. The van der Waals surface area contributed by atoms with Gasteiger partial charge in [0.1, 0.15) is 5.75 Å². The topological polar surface area (TPSA) is 38.3 Å². The van der Waals surface area contributed by atoms with E-state index in [1.807, 2.05) is 56.3 Å². The molecule has 2 rings (SSSR count). The van der Waals surface area contributed by atoms with Gasteiger partial charge in [0.05, 0.1) is 0 Å². The Balaban J connectivity index is 2.15. The van der Waals surface area contributed by atoms with Crippen molar-refractivity contribution in [3.63, 3.8) is 0 Å². The van der Waals surface area contributed by atoms with Gasteiger partial charge in [-0.25, -0.2) is 0 Å². The third-order valence-electron chi connectivity index (χ3n) is 3.77. The molecule has 112 valence electrons. The van der Waals surface area contributed by atoms with Gasteiger partial charge >= 0.3 is 0 Å². The van der Waals surface area contributed by atoms with E-state index in [-0.39, 0.29) is 11.4 Å². The Morgan fingerprint density at radius 3 is 2.57 bits per heavy atom. The number of carbonyl (C=O) groups is 1. The average molecular weight is 285 g/mol. The summed E-state index contributed by atoms with van der Waals surface area (Å²) < 4.78 is 5.87. The highest BCUT2D eigenvalue weighted by atomic mass is 16.5. The zero-order chi connectivity index (χ0) is 15.5. The van der Waals surface area contributed by atoms with Crippen molar-refractivity contribution in [3.05, 3.63) is 42.5 Å². The smallest absolute Gasteiger partial charge is 0.261 e. The summed E-state index contributed by atoms with van der Waals surface area (Å²) >= 11 is 0. The minimum absolute atomic E-state index is 0.0882. The normalized spacial score (nSPS) is 13.0. The van der Waals surface area contributed by atoms with Gasteiger partial charge in [-0.05, 0) is 38.6 Å². The molecule has 3 nitrogen and oxygen atoms in total. The molecule has 3 heteroatoms. The SMILES string of the molecule is CCC(C)(C)NC(=O)C(C)Oc1cccc2ccccc12. The van der Waals surface area contributed by atoms with Crippen LogP contribution in [0.4, 0.5) is 0 Å². The molecule has 1 amide bonds. The fourth-order valence-electron chi connectivity index (χ4n) is 2.07. The zero-order valence-corrected chi connectivity index (χ0v) is 13.1. The Kier molecular flexibility index (Phi) is 4.51. The minimum Gasteiger partial charge on any atom is -0.480 e. The van der Waals surface area contributed by atoms with Crippen LogP contribution in [0, 0.1) is 0 Å². The molecular formula is C18H23NO2. The number of ether oxygens (including phenoxy) is 1. The first-order valence-corrected chi connectivity index (χ1v) is 7.39. The van der Waals surface area contributed by atoms with Gasteiger partial charge in [-0.2, -0.15) is 0 Å². The molecule has 0 aliphatic carbocycles. The van der Waals surface area contributed by atoms with Gasteiger partial charge in [-0.15, -0.1) is 0 Å². The lowest BCUT2D eigenvalue weighted by Gasteiger charge is -2.26. The lowest BCUT2D eigenvalue weighted by Crippen LogP contribution is -2.48. The highest BCUT2D eigenvalue weighted by Crippen LogP contribution is 2.26. The summed E-state index contributed by atoms with van der Waals surface area (Å²) in [5, 5.41) is 5.14. The Labute approximate surface area is 126 Å². The molecule has 2 aromatic rings. The molecule has 0 aliphatic rings. The van der Waals surface area contributed by atoms with Gasteiger partial charge in [0.2, 0.25) is 0 Å². The second kappa shape index (κ2) is 6.17. The van der Waals surface area contributed by atoms with E-state index >= 15 is 0 Å². The van der Waals surface area contributed by atoms with Gasteiger partial charge in [-0.3, -0.25) is 4.79 Å². The van der Waals surface area contributed by atoms with Crippen LogP contribution >= 0.6 is 0 Å². The molecule has 0 aliphatic heterocycles. The molecule has 0 aromatic heterocycles. The fraction of sp³-hybridized carbons (Fsp3) is 0.389. The van der Waals surface area contributed by atoms with Crippen LogP contribution in [0.15, 0.2) is 42.5 Å². The van der Waals surface area contributed by atoms with E-state index in [1.165, 1.54) is 0 Å². The van der Waals surface area contributed by atoms with Crippen LogP contribution in [0.3, 0.4) is 0 Å². The molecule has 0 spiro atoms. The first kappa shape index (κ1) is 15.4. The molecule has 0 saturated carbocycles. The third kappa shape index (κ3) is 3.75. The molecule has 0 saturated heterocycles. The van der Waals surface area contributed by atoms with E-state index in [2.05, 4.69) is 12.2 Å². The first-order valence-electron chi connectivity index (χ1n) is 7.39. The van der Waals surface area contributed by atoms with Crippen LogP contribution in [-0.4, -0.2) is 17.6 Å². The number of fused-ring (bicyclic) bond motifs is 1. The van der Waals surface area contributed by atoms with Crippen molar-refractivity contribution >= 4 is 16.7 Å². The second-order valence-corrected chi connectivity index (χ2v) is 5.96. The number of carbonyl (C=O) groups excluding carboxylic acids is 1. The molecule has 0 radical (unpaired) electrons. The third-order valence-corrected chi connectivity index (χ3v) is 3.77. The van der Waals surface area contributed by atoms with Crippen molar-refractivity contribution in [2.75, 3.05) is 0 Å². The van der Waals surface area contributed by atoms with E-state index in [4.69, 9.17) is 4.74 Å². The highest BCUT2D eigenvalue weighted by Gasteiger charge is 2.23. The van der Waals surface area contributed by atoms with E-state index in [9.17, 15) is 4.79 Å². The molecule has 1 unspecified atom stereocenters. The molecule has 1 atom stereocenters. The first-order chi connectivity index (χ1) is 9.93. The maximum atomic E-state index is 12.2. The summed E-state index contributed by atoms with van der Waals surface area (Å²) in [6.07, 6.45) is 0.348. The summed E-state index contributed by atoms with van der Waals surface area (Å²) in [7, 11) is 0. The predicted molar refractivity (Wildman–Crippen MR) is 86.6 cm³/mol. The van der Waals surface area contributed by atoms with Crippen molar-refractivity contribution in [1.29, 1.82) is 0 Å². The minimum atomic E-state index is -0.526. The van der Waals surface area contributed by atoms with E-state index < -0.39 is 6.10 Å². The summed E-state index contributed by atoms with van der Waals surface area (Å²) in [5.41, 5.74) is -0.215. The van der Waals surface area contributed by atoms with Gasteiger partial charge in [0.15, 0.2) is 6.10 Å². The number of hydrogen-bond acceptors (Lipinski definition) is 2. The Hall–Kier alpha value is -2.03. The average Bonchev–Trinajstić information content (AvgIpc) is 2.47. The van der Waals surface area contributed by atoms with Gasteiger partial charge in [0, 0.05) is 10.9 Å². The number of rotatable bonds is 5. The van der Waals surface area contributed by atoms with Crippen molar-refractivity contribution in [2.45, 2.75) is 45.8 Å². The largest absolute Gasteiger partial charge is 0.480 e. The van der Waals surface area contributed by atoms with Crippen molar-refractivity contribution < 1.29 is 9.53 Å². The summed E-state index contributed by atoms with van der Waals surface area (Å²) in [5.74, 6) is 0.653. The van der Waals surface area contributed by atoms with Crippen molar-refractivity contribution in [1.82, 2.24) is 5.32 Å². The summed E-state index contributed by atoms with van der Waals surface area (Å²) in [4.78, 5) is 12.2. The fourth-order valence-corrected chi connectivity index (χ4v) is 2.07. The van der Waals surface area contributed by atoms with Crippen LogP contribution in [0.5, 0.6) is 5.75 Å². The number of nitrogens with one attached hydrogen (secondary N) is 1. The molecule has 0 fully saturated rings. The summed E-state index contributed by atoms with van der Waals surface area (Å²) in [6, 6.07) is 13.9. The highest BCUT2D eigenvalue weighted by molar-refractivity contribution is 5.89. The molecule has 0 bridgehead atoms. The van der Waals surface area contributed by atoms with Gasteiger partial charge < -0.3 is 10.1 Å². The van der Waals surface area contributed by atoms with Gasteiger partial charge in [-0.1, -0.05) is 43.3 Å². The second-order valence-electron chi connectivity index (χ2n) is 5.96. The molecule has 0 heterocycles. The molecular weight excluding hydrogens is 262 g/mol. The van der Waals surface area contributed by atoms with E-state index in [0.29, 0.717) is 0 Å².